The zero-order chi connectivity index (χ0) is 12.3. The molecule has 0 heterocycles. The quantitative estimate of drug-likeness (QED) is 0.603. The van der Waals surface area contributed by atoms with Gasteiger partial charge in [0.05, 0.1) is 12.7 Å². The zero-order valence-electron chi connectivity index (χ0n) is 9.41. The number of benzene rings is 1. The Bertz CT molecular complexity index is 426. The number of rotatable bonds is 3. The van der Waals surface area contributed by atoms with Gasteiger partial charge < -0.3 is 4.74 Å². The molecule has 0 aliphatic rings. The van der Waals surface area contributed by atoms with Crippen LogP contribution >= 0.6 is 11.6 Å². The van der Waals surface area contributed by atoms with Gasteiger partial charge in [-0.3, -0.25) is 4.79 Å². The molecular formula is C12H13ClO3. The van der Waals surface area contributed by atoms with Gasteiger partial charge in [-0.2, -0.15) is 0 Å². The Balaban J connectivity index is 3.23. The average Bonchev–Trinajstić information content (AvgIpc) is 2.27. The SMILES string of the molecule is COC(=O)c1cccc(C(Cl)C(C)=O)c1C. The van der Waals surface area contributed by atoms with Crippen molar-refractivity contribution in [3.8, 4) is 0 Å². The van der Waals surface area contributed by atoms with E-state index in [2.05, 4.69) is 4.74 Å². The summed E-state index contributed by atoms with van der Waals surface area (Å²) in [7, 11) is 1.32. The van der Waals surface area contributed by atoms with E-state index < -0.39 is 11.3 Å². The minimum absolute atomic E-state index is 0.146. The number of Topliss-reactive ketones (excluding diaryl/α,β-unsaturated/α-hetero) is 1. The molecule has 0 aliphatic carbocycles. The monoisotopic (exact) mass is 240 g/mol. The van der Waals surface area contributed by atoms with Crippen LogP contribution in [0.2, 0.25) is 0 Å². The van der Waals surface area contributed by atoms with Gasteiger partial charge in [0.2, 0.25) is 0 Å². The molecule has 0 fully saturated rings. The van der Waals surface area contributed by atoms with Crippen molar-refractivity contribution in [1.29, 1.82) is 0 Å². The van der Waals surface area contributed by atoms with Gasteiger partial charge in [-0.05, 0) is 31.0 Å². The molecule has 16 heavy (non-hydrogen) atoms. The molecule has 0 N–H and O–H groups in total. The molecule has 1 aromatic carbocycles. The van der Waals surface area contributed by atoms with Gasteiger partial charge in [0.1, 0.15) is 5.38 Å². The van der Waals surface area contributed by atoms with E-state index in [1.54, 1.807) is 25.1 Å². The van der Waals surface area contributed by atoms with Crippen LogP contribution in [0, 0.1) is 6.92 Å². The van der Waals surface area contributed by atoms with Crippen molar-refractivity contribution in [2.24, 2.45) is 0 Å². The summed E-state index contributed by atoms with van der Waals surface area (Å²) < 4.78 is 4.65. The van der Waals surface area contributed by atoms with Gasteiger partial charge in [0.15, 0.2) is 5.78 Å². The minimum Gasteiger partial charge on any atom is -0.465 e. The lowest BCUT2D eigenvalue weighted by Crippen LogP contribution is -2.09. The molecule has 0 spiro atoms. The molecule has 0 bridgehead atoms. The Morgan fingerprint density at radius 1 is 1.38 bits per heavy atom. The number of halogens is 1. The molecule has 1 rings (SSSR count). The molecule has 86 valence electrons. The standard InChI is InChI=1S/C12H13ClO3/c1-7-9(11(13)8(2)14)5-4-6-10(7)12(15)16-3/h4-6,11H,1-3H3. The first-order valence-electron chi connectivity index (χ1n) is 4.81. The van der Waals surface area contributed by atoms with Crippen molar-refractivity contribution >= 4 is 23.4 Å². The Labute approximate surface area is 99.4 Å². The van der Waals surface area contributed by atoms with E-state index in [1.807, 2.05) is 0 Å². The Morgan fingerprint density at radius 3 is 2.50 bits per heavy atom. The van der Waals surface area contributed by atoms with Crippen LogP contribution in [0.3, 0.4) is 0 Å². The van der Waals surface area contributed by atoms with Crippen LogP contribution < -0.4 is 0 Å². The molecule has 0 radical (unpaired) electrons. The maximum absolute atomic E-state index is 11.4. The molecule has 0 aliphatic heterocycles. The van der Waals surface area contributed by atoms with E-state index in [0.717, 1.165) is 0 Å². The number of esters is 1. The largest absolute Gasteiger partial charge is 0.465 e. The van der Waals surface area contributed by atoms with E-state index in [-0.39, 0.29) is 5.78 Å². The van der Waals surface area contributed by atoms with Gasteiger partial charge in [0.25, 0.3) is 0 Å². The van der Waals surface area contributed by atoms with Gasteiger partial charge >= 0.3 is 5.97 Å². The smallest absolute Gasteiger partial charge is 0.338 e. The number of ether oxygens (including phenoxy) is 1. The van der Waals surface area contributed by atoms with Crippen LogP contribution in [0.15, 0.2) is 18.2 Å². The van der Waals surface area contributed by atoms with Crippen LogP contribution in [0.5, 0.6) is 0 Å². The number of ketones is 1. The molecule has 0 saturated heterocycles. The normalized spacial score (nSPS) is 12.0. The van der Waals surface area contributed by atoms with Crippen LogP contribution in [0.1, 0.15) is 33.8 Å². The van der Waals surface area contributed by atoms with E-state index in [9.17, 15) is 9.59 Å². The topological polar surface area (TPSA) is 43.4 Å². The van der Waals surface area contributed by atoms with E-state index >= 15 is 0 Å². The number of methoxy groups -OCH3 is 1. The lowest BCUT2D eigenvalue weighted by Gasteiger charge is -2.12. The molecule has 1 unspecified atom stereocenters. The minimum atomic E-state index is -0.718. The van der Waals surface area contributed by atoms with E-state index in [4.69, 9.17) is 11.6 Å². The fraction of sp³-hybridized carbons (Fsp3) is 0.333. The molecule has 4 heteroatoms. The number of hydrogen-bond acceptors (Lipinski definition) is 3. The number of alkyl halides is 1. The summed E-state index contributed by atoms with van der Waals surface area (Å²) in [6, 6.07) is 5.07. The fourth-order valence-corrected chi connectivity index (χ4v) is 1.71. The van der Waals surface area contributed by atoms with Crippen molar-refractivity contribution in [3.05, 3.63) is 34.9 Å². The van der Waals surface area contributed by atoms with E-state index in [0.29, 0.717) is 16.7 Å². The van der Waals surface area contributed by atoms with E-state index in [1.165, 1.54) is 14.0 Å². The van der Waals surface area contributed by atoms with Crippen molar-refractivity contribution in [3.63, 3.8) is 0 Å². The van der Waals surface area contributed by atoms with Gasteiger partial charge in [-0.1, -0.05) is 12.1 Å². The van der Waals surface area contributed by atoms with Crippen molar-refractivity contribution in [1.82, 2.24) is 0 Å². The fourth-order valence-electron chi connectivity index (χ4n) is 1.48. The Kier molecular flexibility index (Phi) is 4.07. The third-order valence-corrected chi connectivity index (χ3v) is 2.95. The highest BCUT2D eigenvalue weighted by Gasteiger charge is 2.19. The molecule has 3 nitrogen and oxygen atoms in total. The molecule has 1 aromatic rings. The number of carbonyl (C=O) groups is 2. The third kappa shape index (κ3) is 2.42. The van der Waals surface area contributed by atoms with Gasteiger partial charge in [0, 0.05) is 0 Å². The zero-order valence-corrected chi connectivity index (χ0v) is 10.2. The third-order valence-electron chi connectivity index (χ3n) is 2.41. The summed E-state index contributed by atoms with van der Waals surface area (Å²) >= 11 is 5.96. The van der Waals surface area contributed by atoms with Crippen LogP contribution in [-0.4, -0.2) is 18.9 Å². The first-order chi connectivity index (χ1) is 7.49. The summed E-state index contributed by atoms with van der Waals surface area (Å²) in [5.41, 5.74) is 1.77. The van der Waals surface area contributed by atoms with Crippen LogP contribution in [0.4, 0.5) is 0 Å². The van der Waals surface area contributed by atoms with Crippen molar-refractivity contribution in [2.75, 3.05) is 7.11 Å². The molecule has 0 amide bonds. The van der Waals surface area contributed by atoms with Crippen LogP contribution in [0.25, 0.3) is 0 Å². The highest BCUT2D eigenvalue weighted by molar-refractivity contribution is 6.31. The summed E-state index contributed by atoms with van der Waals surface area (Å²) in [5, 5.41) is -0.718. The van der Waals surface area contributed by atoms with Gasteiger partial charge in [-0.25, -0.2) is 4.79 Å². The average molecular weight is 241 g/mol. The highest BCUT2D eigenvalue weighted by Crippen LogP contribution is 2.26. The molecular weight excluding hydrogens is 228 g/mol. The lowest BCUT2D eigenvalue weighted by atomic mass is 9.98. The maximum atomic E-state index is 11.4. The second-order valence-electron chi connectivity index (χ2n) is 3.48. The Morgan fingerprint density at radius 2 is 2.00 bits per heavy atom. The lowest BCUT2D eigenvalue weighted by molar-refractivity contribution is -0.116. The first kappa shape index (κ1) is 12.7. The summed E-state index contributed by atoms with van der Waals surface area (Å²) in [6.45, 7) is 3.17. The van der Waals surface area contributed by atoms with Crippen molar-refractivity contribution < 1.29 is 14.3 Å². The highest BCUT2D eigenvalue weighted by atomic mass is 35.5. The summed E-state index contributed by atoms with van der Waals surface area (Å²) in [6.07, 6.45) is 0. The number of carbonyl (C=O) groups excluding carboxylic acids is 2. The first-order valence-corrected chi connectivity index (χ1v) is 5.25. The molecule has 0 saturated carbocycles. The second kappa shape index (κ2) is 5.12. The second-order valence-corrected chi connectivity index (χ2v) is 3.92. The maximum Gasteiger partial charge on any atom is 0.338 e. The summed E-state index contributed by atoms with van der Waals surface area (Å²) in [5.74, 6) is -0.571. The summed E-state index contributed by atoms with van der Waals surface area (Å²) in [4.78, 5) is 22.6. The van der Waals surface area contributed by atoms with Crippen LogP contribution in [-0.2, 0) is 9.53 Å². The van der Waals surface area contributed by atoms with Crippen molar-refractivity contribution in [2.45, 2.75) is 19.2 Å². The number of hydrogen-bond donors (Lipinski definition) is 0. The predicted molar refractivity (Wildman–Crippen MR) is 61.8 cm³/mol. The molecule has 1 atom stereocenters. The predicted octanol–water partition coefficient (Wildman–Crippen LogP) is 2.65. The van der Waals surface area contributed by atoms with Gasteiger partial charge in [-0.15, -0.1) is 11.6 Å². The molecule has 0 aromatic heterocycles. The Hall–Kier alpha value is -1.35.